The van der Waals surface area contributed by atoms with E-state index >= 15 is 0 Å². The van der Waals surface area contributed by atoms with Crippen LogP contribution in [-0.2, 0) is 11.2 Å². The van der Waals surface area contributed by atoms with Crippen LogP contribution in [0.25, 0.3) is 0 Å². The summed E-state index contributed by atoms with van der Waals surface area (Å²) < 4.78 is 5.60. The Labute approximate surface area is 164 Å². The number of carbonyl (C=O) groups is 1. The smallest absolute Gasteiger partial charge is 0.303 e. The fraction of sp³-hybridized carbons (Fsp3) is 0.350. The highest BCUT2D eigenvalue weighted by molar-refractivity contribution is 7.80. The number of hydrazone groups is 1. The van der Waals surface area contributed by atoms with Crippen LogP contribution in [0.4, 0.5) is 5.69 Å². The van der Waals surface area contributed by atoms with Gasteiger partial charge >= 0.3 is 5.97 Å². The molecule has 0 aliphatic rings. The van der Waals surface area contributed by atoms with Gasteiger partial charge in [0.25, 0.3) is 0 Å². The zero-order valence-electron chi connectivity index (χ0n) is 16.0. The molecule has 0 radical (unpaired) electrons. The molecule has 3 N–H and O–H groups in total. The number of hydrogen-bond acceptors (Lipinski definition) is 4. The molecule has 27 heavy (non-hydrogen) atoms. The van der Waals surface area contributed by atoms with E-state index in [0.717, 1.165) is 11.3 Å². The van der Waals surface area contributed by atoms with Gasteiger partial charge in [-0.2, -0.15) is 5.10 Å². The SMILES string of the molecule is C/C(=N/NC(=S)Nc1ccc(C(C)C)cc1)c1cc(CCC(=O)O)oc1C. The third kappa shape index (κ3) is 6.21. The Morgan fingerprint density at radius 2 is 1.96 bits per heavy atom. The predicted octanol–water partition coefficient (Wildman–Crippen LogP) is 4.44. The molecule has 2 aromatic rings. The molecule has 0 atom stereocenters. The Hall–Kier alpha value is -2.67. The van der Waals surface area contributed by atoms with Crippen molar-refractivity contribution in [3.8, 4) is 0 Å². The molecule has 0 saturated heterocycles. The van der Waals surface area contributed by atoms with Crippen molar-refractivity contribution < 1.29 is 14.3 Å². The van der Waals surface area contributed by atoms with E-state index in [0.29, 0.717) is 34.7 Å². The van der Waals surface area contributed by atoms with Gasteiger partial charge in [-0.15, -0.1) is 0 Å². The molecule has 144 valence electrons. The summed E-state index contributed by atoms with van der Waals surface area (Å²) in [5.41, 5.74) is 6.51. The van der Waals surface area contributed by atoms with Crippen molar-refractivity contribution in [2.24, 2.45) is 5.10 Å². The lowest BCUT2D eigenvalue weighted by molar-refractivity contribution is -0.137. The number of rotatable bonds is 7. The number of nitrogens with one attached hydrogen (secondary N) is 2. The van der Waals surface area contributed by atoms with Gasteiger partial charge in [0.1, 0.15) is 11.5 Å². The molecule has 6 nitrogen and oxygen atoms in total. The van der Waals surface area contributed by atoms with Crippen LogP contribution in [0.1, 0.15) is 55.8 Å². The van der Waals surface area contributed by atoms with Gasteiger partial charge in [-0.05, 0) is 55.7 Å². The van der Waals surface area contributed by atoms with Crippen LogP contribution in [0.5, 0.6) is 0 Å². The van der Waals surface area contributed by atoms with Crippen LogP contribution in [0, 0.1) is 6.92 Å². The number of thiocarbonyl (C=S) groups is 1. The van der Waals surface area contributed by atoms with Crippen LogP contribution in [0.2, 0.25) is 0 Å². The highest BCUT2D eigenvalue weighted by Gasteiger charge is 2.11. The second-order valence-corrected chi connectivity index (χ2v) is 7.02. The van der Waals surface area contributed by atoms with E-state index < -0.39 is 5.97 Å². The first kappa shape index (κ1) is 20.6. The monoisotopic (exact) mass is 387 g/mol. The molecule has 1 aromatic carbocycles. The average Bonchev–Trinajstić information content (AvgIpc) is 2.99. The predicted molar refractivity (Wildman–Crippen MR) is 112 cm³/mol. The molecular weight excluding hydrogens is 362 g/mol. The number of aliphatic carboxylic acids is 1. The second kappa shape index (κ2) is 9.32. The molecule has 1 heterocycles. The number of anilines is 1. The molecule has 0 unspecified atom stereocenters. The molecule has 0 fully saturated rings. The molecular formula is C20H25N3O3S. The quantitative estimate of drug-likeness (QED) is 0.370. The minimum absolute atomic E-state index is 0.0322. The average molecular weight is 388 g/mol. The minimum Gasteiger partial charge on any atom is -0.481 e. The van der Waals surface area contributed by atoms with Gasteiger partial charge in [-0.3, -0.25) is 10.2 Å². The van der Waals surface area contributed by atoms with Gasteiger partial charge in [0, 0.05) is 17.7 Å². The van der Waals surface area contributed by atoms with Crippen molar-refractivity contribution >= 4 is 34.7 Å². The highest BCUT2D eigenvalue weighted by atomic mass is 32.1. The highest BCUT2D eigenvalue weighted by Crippen LogP contribution is 2.18. The number of carboxylic acid groups (broad SMARTS) is 1. The van der Waals surface area contributed by atoms with Gasteiger partial charge in [-0.25, -0.2) is 0 Å². The van der Waals surface area contributed by atoms with E-state index in [1.807, 2.05) is 32.0 Å². The van der Waals surface area contributed by atoms with Crippen LogP contribution >= 0.6 is 12.2 Å². The van der Waals surface area contributed by atoms with E-state index in [1.54, 1.807) is 0 Å². The lowest BCUT2D eigenvalue weighted by Crippen LogP contribution is -2.25. The van der Waals surface area contributed by atoms with Gasteiger partial charge in [0.05, 0.1) is 12.1 Å². The van der Waals surface area contributed by atoms with Crippen molar-refractivity contribution in [2.75, 3.05) is 5.32 Å². The van der Waals surface area contributed by atoms with Crippen molar-refractivity contribution in [1.29, 1.82) is 0 Å². The van der Waals surface area contributed by atoms with Gasteiger partial charge in [0.2, 0.25) is 0 Å². The molecule has 1 aromatic heterocycles. The lowest BCUT2D eigenvalue weighted by Gasteiger charge is -2.10. The van der Waals surface area contributed by atoms with Crippen LogP contribution in [-0.4, -0.2) is 21.9 Å². The first-order valence-corrected chi connectivity index (χ1v) is 9.19. The summed E-state index contributed by atoms with van der Waals surface area (Å²) in [6.07, 6.45) is 0.383. The van der Waals surface area contributed by atoms with Crippen LogP contribution in [0.3, 0.4) is 0 Å². The first-order valence-electron chi connectivity index (χ1n) is 8.79. The summed E-state index contributed by atoms with van der Waals surface area (Å²) in [5, 5.41) is 16.5. The fourth-order valence-electron chi connectivity index (χ4n) is 2.56. The molecule has 0 bridgehead atoms. The normalized spacial score (nSPS) is 11.5. The second-order valence-electron chi connectivity index (χ2n) is 6.62. The molecule has 0 aliphatic heterocycles. The van der Waals surface area contributed by atoms with Gasteiger partial charge in [0.15, 0.2) is 5.11 Å². The Morgan fingerprint density at radius 1 is 1.30 bits per heavy atom. The van der Waals surface area contributed by atoms with Gasteiger partial charge < -0.3 is 14.8 Å². The third-order valence-corrected chi connectivity index (χ3v) is 4.30. The Bertz CT molecular complexity index is 839. The summed E-state index contributed by atoms with van der Waals surface area (Å²) >= 11 is 5.28. The van der Waals surface area contributed by atoms with Crippen LogP contribution in [0.15, 0.2) is 39.9 Å². The number of aryl methyl sites for hydroxylation is 2. The Morgan fingerprint density at radius 3 is 2.56 bits per heavy atom. The van der Waals surface area contributed by atoms with E-state index in [4.69, 9.17) is 21.7 Å². The third-order valence-electron chi connectivity index (χ3n) is 4.10. The molecule has 0 spiro atoms. The van der Waals surface area contributed by atoms with Crippen LogP contribution < -0.4 is 10.7 Å². The zero-order valence-corrected chi connectivity index (χ0v) is 16.8. The summed E-state index contributed by atoms with van der Waals surface area (Å²) in [7, 11) is 0. The maximum atomic E-state index is 10.7. The van der Waals surface area contributed by atoms with Crippen molar-refractivity contribution in [1.82, 2.24) is 5.43 Å². The van der Waals surface area contributed by atoms with Crippen molar-refractivity contribution in [3.05, 3.63) is 53.0 Å². The van der Waals surface area contributed by atoms with E-state index in [-0.39, 0.29) is 6.42 Å². The van der Waals surface area contributed by atoms with Crippen molar-refractivity contribution in [3.63, 3.8) is 0 Å². The Balaban J connectivity index is 1.96. The lowest BCUT2D eigenvalue weighted by atomic mass is 10.0. The summed E-state index contributed by atoms with van der Waals surface area (Å²) in [6.45, 7) is 7.96. The maximum absolute atomic E-state index is 10.7. The number of hydrogen-bond donors (Lipinski definition) is 3. The molecule has 0 amide bonds. The number of furan rings is 1. The number of carboxylic acids is 1. The largest absolute Gasteiger partial charge is 0.481 e. The first-order chi connectivity index (χ1) is 12.8. The maximum Gasteiger partial charge on any atom is 0.303 e. The van der Waals surface area contributed by atoms with Gasteiger partial charge in [-0.1, -0.05) is 26.0 Å². The summed E-state index contributed by atoms with van der Waals surface area (Å²) in [6, 6.07) is 9.92. The minimum atomic E-state index is -0.851. The molecule has 7 heteroatoms. The Kier molecular flexibility index (Phi) is 7.12. The van der Waals surface area contributed by atoms with Crippen molar-refractivity contribution in [2.45, 2.75) is 46.5 Å². The molecule has 0 aliphatic carbocycles. The fourth-order valence-corrected chi connectivity index (χ4v) is 2.72. The molecule has 0 saturated carbocycles. The molecule has 2 rings (SSSR count). The number of benzene rings is 1. The zero-order chi connectivity index (χ0) is 20.0. The summed E-state index contributed by atoms with van der Waals surface area (Å²) in [5.74, 6) is 0.956. The topological polar surface area (TPSA) is 86.9 Å². The van der Waals surface area contributed by atoms with E-state index in [9.17, 15) is 4.79 Å². The summed E-state index contributed by atoms with van der Waals surface area (Å²) in [4.78, 5) is 10.7. The standard InChI is InChI=1S/C20H25N3O3S/c1-12(2)15-5-7-16(8-6-15)21-20(27)23-22-13(3)18-11-17(26-14(18)4)9-10-19(24)25/h5-8,11-12H,9-10H2,1-4H3,(H,24,25)(H2,21,23,27)/b22-13-. The van der Waals surface area contributed by atoms with E-state index in [1.165, 1.54) is 5.56 Å². The van der Waals surface area contributed by atoms with E-state index in [2.05, 4.69) is 41.8 Å². The number of nitrogens with zero attached hydrogens (tertiary/aromatic N) is 1.